The first-order chi connectivity index (χ1) is 11.6. The van der Waals surface area contributed by atoms with Gasteiger partial charge in [0.15, 0.2) is 5.69 Å². The summed E-state index contributed by atoms with van der Waals surface area (Å²) in [6.07, 6.45) is 3.94. The lowest BCUT2D eigenvalue weighted by Gasteiger charge is -2.04. The third kappa shape index (κ3) is 3.11. The molecular formula is C20H16FN3. The predicted molar refractivity (Wildman–Crippen MR) is 94.6 cm³/mol. The molecule has 24 heavy (non-hydrogen) atoms. The Morgan fingerprint density at radius 3 is 2.29 bits per heavy atom. The summed E-state index contributed by atoms with van der Waals surface area (Å²) < 4.78 is 14.8. The van der Waals surface area contributed by atoms with Gasteiger partial charge in [0.1, 0.15) is 5.82 Å². The zero-order valence-electron chi connectivity index (χ0n) is 13.5. The minimum absolute atomic E-state index is 0.241. The summed E-state index contributed by atoms with van der Waals surface area (Å²) >= 11 is 0. The molecule has 1 heterocycles. The van der Waals surface area contributed by atoms with Crippen LogP contribution in [-0.2, 0) is 0 Å². The van der Waals surface area contributed by atoms with Crippen LogP contribution in [0.2, 0.25) is 0 Å². The van der Waals surface area contributed by atoms with Crippen LogP contribution in [0.15, 0.2) is 48.5 Å². The fourth-order valence-corrected chi connectivity index (χ4v) is 2.57. The van der Waals surface area contributed by atoms with Crippen LogP contribution in [0.25, 0.3) is 22.7 Å². The first-order valence-electron chi connectivity index (χ1n) is 7.56. The van der Waals surface area contributed by atoms with Gasteiger partial charge in [0, 0.05) is 11.3 Å². The zero-order chi connectivity index (χ0) is 17.1. The van der Waals surface area contributed by atoms with Gasteiger partial charge in [-0.1, -0.05) is 36.4 Å². The van der Waals surface area contributed by atoms with Gasteiger partial charge in [-0.15, -0.1) is 0 Å². The van der Waals surface area contributed by atoms with E-state index in [0.717, 1.165) is 28.2 Å². The van der Waals surface area contributed by atoms with E-state index in [0.29, 0.717) is 5.69 Å². The molecule has 0 saturated heterocycles. The Morgan fingerprint density at radius 1 is 1.00 bits per heavy atom. The number of nitrogens with zero attached hydrogens (tertiary/aromatic N) is 3. The van der Waals surface area contributed by atoms with Crippen molar-refractivity contribution in [1.29, 1.82) is 0 Å². The molecule has 1 aromatic heterocycles. The van der Waals surface area contributed by atoms with Gasteiger partial charge in [0.25, 0.3) is 0 Å². The topological polar surface area (TPSA) is 22.2 Å². The van der Waals surface area contributed by atoms with Gasteiger partial charge in [-0.2, -0.15) is 5.10 Å². The van der Waals surface area contributed by atoms with Crippen molar-refractivity contribution >= 4 is 17.8 Å². The van der Waals surface area contributed by atoms with E-state index in [2.05, 4.69) is 9.94 Å². The molecule has 118 valence electrons. The van der Waals surface area contributed by atoms with Crippen molar-refractivity contribution in [3.05, 3.63) is 88.3 Å². The van der Waals surface area contributed by atoms with Crippen LogP contribution in [0.1, 0.15) is 22.5 Å². The van der Waals surface area contributed by atoms with E-state index in [1.165, 1.54) is 12.1 Å². The van der Waals surface area contributed by atoms with Crippen LogP contribution in [0.5, 0.6) is 0 Å². The van der Waals surface area contributed by atoms with Crippen molar-refractivity contribution in [3.8, 4) is 5.69 Å². The van der Waals surface area contributed by atoms with E-state index in [4.69, 9.17) is 6.57 Å². The maximum atomic E-state index is 13.0. The monoisotopic (exact) mass is 317 g/mol. The van der Waals surface area contributed by atoms with E-state index in [9.17, 15) is 4.39 Å². The molecule has 3 nitrogen and oxygen atoms in total. The van der Waals surface area contributed by atoms with E-state index >= 15 is 0 Å². The Balaban J connectivity index is 1.94. The SMILES string of the molecule is [C-]#[N+]c1ccc(-n2nc(C)c(/C=C/c3ccc(F)cc3)c2C)cc1. The zero-order valence-corrected chi connectivity index (χ0v) is 13.5. The second kappa shape index (κ2) is 6.51. The summed E-state index contributed by atoms with van der Waals surface area (Å²) in [5.41, 5.74) is 5.43. The molecule has 0 aliphatic carbocycles. The molecule has 4 heteroatoms. The Kier molecular flexibility index (Phi) is 4.26. The number of aromatic nitrogens is 2. The van der Waals surface area contributed by atoms with Gasteiger partial charge >= 0.3 is 0 Å². The normalized spacial score (nSPS) is 10.9. The fraction of sp³-hybridized carbons (Fsp3) is 0.100. The average molecular weight is 317 g/mol. The predicted octanol–water partition coefficient (Wildman–Crippen LogP) is 5.35. The number of halogens is 1. The molecule has 0 amide bonds. The molecule has 3 rings (SSSR count). The fourth-order valence-electron chi connectivity index (χ4n) is 2.57. The highest BCUT2D eigenvalue weighted by Crippen LogP contribution is 2.22. The largest absolute Gasteiger partial charge is 0.238 e. The summed E-state index contributed by atoms with van der Waals surface area (Å²) in [5, 5.41) is 4.59. The lowest BCUT2D eigenvalue weighted by Crippen LogP contribution is -1.98. The Morgan fingerprint density at radius 2 is 1.67 bits per heavy atom. The highest BCUT2D eigenvalue weighted by atomic mass is 19.1. The van der Waals surface area contributed by atoms with Crippen LogP contribution < -0.4 is 0 Å². The van der Waals surface area contributed by atoms with Crippen molar-refractivity contribution < 1.29 is 4.39 Å². The van der Waals surface area contributed by atoms with Gasteiger partial charge in [-0.25, -0.2) is 13.9 Å². The highest BCUT2D eigenvalue weighted by molar-refractivity contribution is 5.72. The minimum Gasteiger partial charge on any atom is -0.238 e. The molecule has 0 fully saturated rings. The molecule has 0 atom stereocenters. The summed E-state index contributed by atoms with van der Waals surface area (Å²) in [5.74, 6) is -0.241. The molecule has 0 saturated carbocycles. The molecule has 0 aliphatic rings. The first kappa shape index (κ1) is 15.7. The van der Waals surface area contributed by atoms with Crippen molar-refractivity contribution in [2.24, 2.45) is 0 Å². The van der Waals surface area contributed by atoms with E-state index in [-0.39, 0.29) is 5.82 Å². The lowest BCUT2D eigenvalue weighted by atomic mass is 10.1. The lowest BCUT2D eigenvalue weighted by molar-refractivity contribution is 0.628. The van der Waals surface area contributed by atoms with Gasteiger partial charge in [0.2, 0.25) is 0 Å². The second-order valence-electron chi connectivity index (χ2n) is 5.51. The minimum atomic E-state index is -0.241. The van der Waals surface area contributed by atoms with Crippen molar-refractivity contribution in [3.63, 3.8) is 0 Å². The van der Waals surface area contributed by atoms with E-state index in [1.807, 2.05) is 42.8 Å². The van der Waals surface area contributed by atoms with E-state index in [1.54, 1.807) is 24.3 Å². The Labute approximate surface area is 140 Å². The maximum absolute atomic E-state index is 13.0. The first-order valence-corrected chi connectivity index (χ1v) is 7.56. The molecule has 0 bridgehead atoms. The van der Waals surface area contributed by atoms with Gasteiger partial charge < -0.3 is 0 Å². The quantitative estimate of drug-likeness (QED) is 0.597. The van der Waals surface area contributed by atoms with Crippen LogP contribution in [-0.4, -0.2) is 9.78 Å². The average Bonchev–Trinajstić information content (AvgIpc) is 2.89. The number of hydrogen-bond donors (Lipinski definition) is 0. The third-order valence-electron chi connectivity index (χ3n) is 3.88. The van der Waals surface area contributed by atoms with Crippen molar-refractivity contribution in [2.45, 2.75) is 13.8 Å². The van der Waals surface area contributed by atoms with Crippen LogP contribution in [0, 0.1) is 26.2 Å². The standard InChI is InChI=1S/C20H16FN3/c1-14-20(13-6-16-4-7-17(21)8-5-16)15(2)24(23-14)19-11-9-18(22-3)10-12-19/h4-13H,1-2H3/b13-6+. The molecule has 0 radical (unpaired) electrons. The summed E-state index contributed by atoms with van der Waals surface area (Å²) in [6.45, 7) is 11.0. The molecule has 0 unspecified atom stereocenters. The molecule has 2 aromatic carbocycles. The van der Waals surface area contributed by atoms with Crippen molar-refractivity contribution in [2.75, 3.05) is 0 Å². The van der Waals surface area contributed by atoms with Gasteiger partial charge in [-0.3, -0.25) is 0 Å². The molecule has 0 aliphatic heterocycles. The molecule has 0 spiro atoms. The molecular weight excluding hydrogens is 301 g/mol. The van der Waals surface area contributed by atoms with E-state index < -0.39 is 0 Å². The smallest absolute Gasteiger partial charge is 0.187 e. The Hall–Kier alpha value is -3.19. The number of aryl methyl sites for hydroxylation is 1. The van der Waals surface area contributed by atoms with Gasteiger partial charge in [-0.05, 0) is 43.7 Å². The molecule has 0 N–H and O–H groups in total. The maximum Gasteiger partial charge on any atom is 0.187 e. The summed E-state index contributed by atoms with van der Waals surface area (Å²) in [6, 6.07) is 13.7. The van der Waals surface area contributed by atoms with Gasteiger partial charge in [0.05, 0.1) is 18.0 Å². The number of hydrogen-bond acceptors (Lipinski definition) is 1. The van der Waals surface area contributed by atoms with Crippen molar-refractivity contribution in [1.82, 2.24) is 9.78 Å². The number of benzene rings is 2. The van der Waals surface area contributed by atoms with Crippen LogP contribution in [0.4, 0.5) is 10.1 Å². The third-order valence-corrected chi connectivity index (χ3v) is 3.88. The van der Waals surface area contributed by atoms with Crippen LogP contribution in [0.3, 0.4) is 0 Å². The summed E-state index contributed by atoms with van der Waals surface area (Å²) in [4.78, 5) is 3.40. The molecule has 3 aromatic rings. The summed E-state index contributed by atoms with van der Waals surface area (Å²) in [7, 11) is 0. The van der Waals surface area contributed by atoms with Crippen LogP contribution >= 0.6 is 0 Å². The highest BCUT2D eigenvalue weighted by Gasteiger charge is 2.10. The number of rotatable bonds is 3. The second-order valence-corrected chi connectivity index (χ2v) is 5.51. The Bertz CT molecular complexity index is 927.